The number of rotatable bonds is 1. The number of hydrogen-bond acceptors (Lipinski definition) is 3. The second-order valence-electron chi connectivity index (χ2n) is 4.07. The maximum atomic E-state index is 11.2. The molecule has 4 nitrogen and oxygen atoms in total. The van der Waals surface area contributed by atoms with E-state index in [2.05, 4.69) is 4.90 Å². The zero-order valence-corrected chi connectivity index (χ0v) is 7.92. The first-order chi connectivity index (χ1) is 5.32. The standard InChI is InChI=1S/C8H17N3O/c1-7(2)8(10,6(9)12)4-5-11(7)3/h4-5,10H2,1-3H3,(H2,9,12). The number of likely N-dealkylation sites (tertiary alicyclic amines) is 1. The highest BCUT2D eigenvalue weighted by molar-refractivity contribution is 5.86. The fourth-order valence-corrected chi connectivity index (χ4v) is 1.69. The van der Waals surface area contributed by atoms with Gasteiger partial charge in [0.2, 0.25) is 5.91 Å². The second-order valence-corrected chi connectivity index (χ2v) is 4.07. The van der Waals surface area contributed by atoms with E-state index in [0.717, 1.165) is 6.54 Å². The molecule has 0 bridgehead atoms. The molecule has 1 fully saturated rings. The van der Waals surface area contributed by atoms with Gasteiger partial charge in [0.05, 0.1) is 0 Å². The van der Waals surface area contributed by atoms with Crippen LogP contribution in [0.3, 0.4) is 0 Å². The minimum atomic E-state index is -0.873. The van der Waals surface area contributed by atoms with Crippen LogP contribution in [0.1, 0.15) is 20.3 Å². The van der Waals surface area contributed by atoms with E-state index in [-0.39, 0.29) is 5.54 Å². The van der Waals surface area contributed by atoms with E-state index in [9.17, 15) is 4.79 Å². The molecule has 1 atom stereocenters. The van der Waals surface area contributed by atoms with Crippen molar-refractivity contribution in [2.24, 2.45) is 11.5 Å². The Kier molecular flexibility index (Phi) is 1.92. The van der Waals surface area contributed by atoms with Gasteiger partial charge in [-0.1, -0.05) is 0 Å². The van der Waals surface area contributed by atoms with E-state index in [0.29, 0.717) is 6.42 Å². The first-order valence-corrected chi connectivity index (χ1v) is 4.12. The maximum absolute atomic E-state index is 11.2. The highest BCUT2D eigenvalue weighted by Crippen LogP contribution is 2.34. The molecule has 4 N–H and O–H groups in total. The smallest absolute Gasteiger partial charge is 0.239 e. The summed E-state index contributed by atoms with van der Waals surface area (Å²) in [5, 5.41) is 0. The Bertz CT molecular complexity index is 214. The third kappa shape index (κ3) is 0.949. The Morgan fingerprint density at radius 2 is 2.00 bits per heavy atom. The zero-order valence-electron chi connectivity index (χ0n) is 7.92. The Morgan fingerprint density at radius 3 is 2.17 bits per heavy atom. The predicted molar refractivity (Wildman–Crippen MR) is 47.4 cm³/mol. The van der Waals surface area contributed by atoms with Crippen molar-refractivity contribution in [2.45, 2.75) is 31.3 Å². The molecule has 0 aromatic rings. The predicted octanol–water partition coefficient (Wildman–Crippen LogP) is -0.717. The number of carbonyl (C=O) groups excluding carboxylic acids is 1. The van der Waals surface area contributed by atoms with Crippen LogP contribution in [0.15, 0.2) is 0 Å². The summed E-state index contributed by atoms with van der Waals surface area (Å²) in [4.78, 5) is 13.2. The zero-order chi connectivity index (χ0) is 9.57. The molecule has 1 heterocycles. The van der Waals surface area contributed by atoms with Crippen molar-refractivity contribution in [3.8, 4) is 0 Å². The van der Waals surface area contributed by atoms with Crippen molar-refractivity contribution in [2.75, 3.05) is 13.6 Å². The van der Waals surface area contributed by atoms with E-state index in [1.54, 1.807) is 0 Å². The van der Waals surface area contributed by atoms with Gasteiger partial charge in [-0.2, -0.15) is 0 Å². The van der Waals surface area contributed by atoms with E-state index < -0.39 is 11.4 Å². The number of nitrogens with zero attached hydrogens (tertiary/aromatic N) is 1. The first-order valence-electron chi connectivity index (χ1n) is 4.12. The minimum Gasteiger partial charge on any atom is -0.368 e. The highest BCUT2D eigenvalue weighted by atomic mass is 16.1. The topological polar surface area (TPSA) is 72.3 Å². The third-order valence-electron chi connectivity index (χ3n) is 3.33. The molecule has 0 aromatic carbocycles. The molecule has 0 saturated carbocycles. The second kappa shape index (κ2) is 2.44. The third-order valence-corrected chi connectivity index (χ3v) is 3.33. The van der Waals surface area contributed by atoms with Crippen LogP contribution in [0, 0.1) is 0 Å². The molecule has 1 rings (SSSR count). The summed E-state index contributed by atoms with van der Waals surface area (Å²) >= 11 is 0. The summed E-state index contributed by atoms with van der Waals surface area (Å²) in [6.45, 7) is 4.72. The van der Waals surface area contributed by atoms with Crippen molar-refractivity contribution in [3.05, 3.63) is 0 Å². The van der Waals surface area contributed by atoms with Gasteiger partial charge in [0.25, 0.3) is 0 Å². The first kappa shape index (κ1) is 9.48. The Labute approximate surface area is 72.9 Å². The lowest BCUT2D eigenvalue weighted by Crippen LogP contribution is -2.65. The van der Waals surface area contributed by atoms with Crippen LogP contribution in [0.4, 0.5) is 0 Å². The lowest BCUT2D eigenvalue weighted by atomic mass is 9.80. The average molecular weight is 171 g/mol. The number of amides is 1. The average Bonchev–Trinajstić information content (AvgIpc) is 2.15. The quantitative estimate of drug-likeness (QED) is 0.547. The summed E-state index contributed by atoms with van der Waals surface area (Å²) in [5.74, 6) is -0.406. The molecule has 0 aliphatic carbocycles. The molecule has 4 heteroatoms. The summed E-state index contributed by atoms with van der Waals surface area (Å²) in [5.41, 5.74) is 10.0. The van der Waals surface area contributed by atoms with Crippen LogP contribution in [0.2, 0.25) is 0 Å². The van der Waals surface area contributed by atoms with E-state index in [4.69, 9.17) is 11.5 Å². The van der Waals surface area contributed by atoms with E-state index in [1.165, 1.54) is 0 Å². The molecule has 1 amide bonds. The summed E-state index contributed by atoms with van der Waals surface area (Å²) in [7, 11) is 1.96. The molecule has 12 heavy (non-hydrogen) atoms. The molecule has 0 aromatic heterocycles. The van der Waals surface area contributed by atoms with Crippen molar-refractivity contribution in [1.82, 2.24) is 4.90 Å². The summed E-state index contributed by atoms with van der Waals surface area (Å²) < 4.78 is 0. The number of nitrogens with two attached hydrogens (primary N) is 2. The van der Waals surface area contributed by atoms with Crippen molar-refractivity contribution in [1.29, 1.82) is 0 Å². The van der Waals surface area contributed by atoms with Crippen LogP contribution < -0.4 is 11.5 Å². The summed E-state index contributed by atoms with van der Waals surface area (Å²) in [6, 6.07) is 0. The fraction of sp³-hybridized carbons (Fsp3) is 0.875. The molecule has 0 radical (unpaired) electrons. The molecule has 1 aliphatic heterocycles. The largest absolute Gasteiger partial charge is 0.368 e. The SMILES string of the molecule is CN1CCC(N)(C(N)=O)C1(C)C. The van der Waals surface area contributed by atoms with Gasteiger partial charge in [-0.25, -0.2) is 0 Å². The van der Waals surface area contributed by atoms with Crippen LogP contribution in [-0.2, 0) is 4.79 Å². The Hall–Kier alpha value is -0.610. The summed E-state index contributed by atoms with van der Waals surface area (Å²) in [6.07, 6.45) is 0.645. The van der Waals surface area contributed by atoms with E-state index in [1.807, 2.05) is 20.9 Å². The minimum absolute atomic E-state index is 0.334. The fourth-order valence-electron chi connectivity index (χ4n) is 1.69. The van der Waals surface area contributed by atoms with Crippen molar-refractivity contribution >= 4 is 5.91 Å². The van der Waals surface area contributed by atoms with Gasteiger partial charge in [-0.3, -0.25) is 9.69 Å². The Morgan fingerprint density at radius 1 is 1.50 bits per heavy atom. The van der Waals surface area contributed by atoms with Gasteiger partial charge in [-0.15, -0.1) is 0 Å². The van der Waals surface area contributed by atoms with Crippen molar-refractivity contribution < 1.29 is 4.79 Å². The van der Waals surface area contributed by atoms with E-state index >= 15 is 0 Å². The highest BCUT2D eigenvalue weighted by Gasteiger charge is 2.53. The Balaban J connectivity index is 3.01. The van der Waals surface area contributed by atoms with Gasteiger partial charge in [0.15, 0.2) is 0 Å². The van der Waals surface area contributed by atoms with Gasteiger partial charge >= 0.3 is 0 Å². The number of likely N-dealkylation sites (N-methyl/N-ethyl adjacent to an activating group) is 1. The molecular formula is C8H17N3O. The number of carbonyl (C=O) groups is 1. The van der Waals surface area contributed by atoms with Gasteiger partial charge < -0.3 is 11.5 Å². The maximum Gasteiger partial charge on any atom is 0.239 e. The normalized spacial score (nSPS) is 35.3. The van der Waals surface area contributed by atoms with Crippen LogP contribution in [0.25, 0.3) is 0 Å². The molecule has 70 valence electrons. The molecular weight excluding hydrogens is 154 g/mol. The molecule has 1 saturated heterocycles. The van der Waals surface area contributed by atoms with Crippen molar-refractivity contribution in [3.63, 3.8) is 0 Å². The number of primary amides is 1. The molecule has 1 aliphatic rings. The molecule has 1 unspecified atom stereocenters. The van der Waals surface area contributed by atoms with Crippen LogP contribution in [0.5, 0.6) is 0 Å². The van der Waals surface area contributed by atoms with Gasteiger partial charge in [0.1, 0.15) is 5.54 Å². The lowest BCUT2D eigenvalue weighted by Gasteiger charge is -2.38. The number of hydrogen-bond donors (Lipinski definition) is 2. The van der Waals surface area contributed by atoms with Crippen LogP contribution in [-0.4, -0.2) is 35.5 Å². The lowest BCUT2D eigenvalue weighted by molar-refractivity contribution is -0.125. The monoisotopic (exact) mass is 171 g/mol. The van der Waals surface area contributed by atoms with Gasteiger partial charge in [0, 0.05) is 12.1 Å². The molecule has 0 spiro atoms. The van der Waals surface area contributed by atoms with Gasteiger partial charge in [-0.05, 0) is 27.3 Å². The van der Waals surface area contributed by atoms with Crippen LogP contribution >= 0.6 is 0 Å².